The standard InChI is InChI=1S/C26H23ClN4O5S/c1-3-4-13-36-25(35)18-7-5-6-8-19(18)31-23(33)20(27)21(24(31)34)29-17-11-9-16(10-12-17)22(32)30-26-28-15(2)14-37-26/h5-12,14,29H,3-4,13H2,1-2H3,(H,28,30,32). The molecule has 0 unspecified atom stereocenters. The van der Waals surface area contributed by atoms with Crippen LogP contribution in [-0.4, -0.2) is 35.3 Å². The zero-order valence-corrected chi connectivity index (χ0v) is 21.6. The Bertz CT molecular complexity index is 1400. The maximum absolute atomic E-state index is 13.2. The van der Waals surface area contributed by atoms with Crippen molar-refractivity contribution in [2.24, 2.45) is 0 Å². The number of imide groups is 1. The number of thiazole rings is 1. The van der Waals surface area contributed by atoms with E-state index in [-0.39, 0.29) is 34.5 Å². The molecule has 1 aliphatic heterocycles. The summed E-state index contributed by atoms with van der Waals surface area (Å²) >= 11 is 7.57. The molecule has 37 heavy (non-hydrogen) atoms. The molecule has 190 valence electrons. The first-order valence-corrected chi connectivity index (χ1v) is 12.7. The number of esters is 1. The van der Waals surface area contributed by atoms with Gasteiger partial charge in [-0.3, -0.25) is 19.7 Å². The van der Waals surface area contributed by atoms with E-state index in [9.17, 15) is 19.2 Å². The molecule has 3 amide bonds. The SMILES string of the molecule is CCCCOC(=O)c1ccccc1N1C(=O)C(Cl)=C(Nc2ccc(C(=O)Nc3nc(C)cs3)cc2)C1=O. The van der Waals surface area contributed by atoms with Crippen molar-refractivity contribution < 1.29 is 23.9 Å². The van der Waals surface area contributed by atoms with Gasteiger partial charge in [0.15, 0.2) is 5.13 Å². The summed E-state index contributed by atoms with van der Waals surface area (Å²) in [5.41, 5.74) is 1.65. The fourth-order valence-electron chi connectivity index (χ4n) is 3.49. The minimum atomic E-state index is -0.766. The van der Waals surface area contributed by atoms with Gasteiger partial charge < -0.3 is 10.1 Å². The second-order valence-corrected chi connectivity index (χ2v) is 9.33. The summed E-state index contributed by atoms with van der Waals surface area (Å²) in [7, 11) is 0. The molecule has 4 rings (SSSR count). The largest absolute Gasteiger partial charge is 0.462 e. The number of nitrogens with zero attached hydrogens (tertiary/aromatic N) is 2. The highest BCUT2D eigenvalue weighted by molar-refractivity contribution is 7.13. The number of unbranched alkanes of at least 4 members (excludes halogenated alkanes) is 1. The lowest BCUT2D eigenvalue weighted by molar-refractivity contribution is -0.120. The molecular formula is C26H23ClN4O5S. The lowest BCUT2D eigenvalue weighted by Gasteiger charge is -2.18. The van der Waals surface area contributed by atoms with Crippen LogP contribution in [0.5, 0.6) is 0 Å². The Kier molecular flexibility index (Phi) is 8.00. The van der Waals surface area contributed by atoms with Gasteiger partial charge in [0.2, 0.25) is 0 Å². The van der Waals surface area contributed by atoms with Crippen molar-refractivity contribution in [3.8, 4) is 0 Å². The van der Waals surface area contributed by atoms with E-state index in [4.69, 9.17) is 16.3 Å². The van der Waals surface area contributed by atoms with Crippen molar-refractivity contribution in [3.63, 3.8) is 0 Å². The van der Waals surface area contributed by atoms with Gasteiger partial charge in [0.1, 0.15) is 10.7 Å². The van der Waals surface area contributed by atoms with Gasteiger partial charge in [0.25, 0.3) is 17.7 Å². The van der Waals surface area contributed by atoms with E-state index in [2.05, 4.69) is 15.6 Å². The molecule has 0 spiro atoms. The Morgan fingerprint density at radius 2 is 1.81 bits per heavy atom. The Morgan fingerprint density at radius 1 is 1.08 bits per heavy atom. The van der Waals surface area contributed by atoms with E-state index in [0.717, 1.165) is 17.0 Å². The van der Waals surface area contributed by atoms with Crippen molar-refractivity contribution >= 4 is 63.1 Å². The van der Waals surface area contributed by atoms with E-state index in [0.29, 0.717) is 22.8 Å². The second-order valence-electron chi connectivity index (χ2n) is 8.09. The summed E-state index contributed by atoms with van der Waals surface area (Å²) in [6.45, 7) is 4.03. The molecule has 1 aromatic heterocycles. The minimum Gasteiger partial charge on any atom is -0.462 e. The maximum atomic E-state index is 13.2. The molecule has 0 aliphatic carbocycles. The molecule has 0 atom stereocenters. The van der Waals surface area contributed by atoms with E-state index in [1.165, 1.54) is 23.5 Å². The molecule has 0 saturated carbocycles. The molecule has 0 saturated heterocycles. The number of para-hydroxylation sites is 1. The molecule has 2 N–H and O–H groups in total. The van der Waals surface area contributed by atoms with Crippen LogP contribution in [0.2, 0.25) is 0 Å². The van der Waals surface area contributed by atoms with Crippen molar-refractivity contribution in [2.75, 3.05) is 22.1 Å². The van der Waals surface area contributed by atoms with Gasteiger partial charge in [-0.1, -0.05) is 37.1 Å². The first-order chi connectivity index (χ1) is 17.8. The third-order valence-electron chi connectivity index (χ3n) is 5.38. The number of ether oxygens (including phenoxy) is 1. The monoisotopic (exact) mass is 538 g/mol. The van der Waals surface area contributed by atoms with Gasteiger partial charge in [-0.05, 0) is 49.7 Å². The molecule has 9 nitrogen and oxygen atoms in total. The van der Waals surface area contributed by atoms with Gasteiger partial charge in [-0.15, -0.1) is 11.3 Å². The third kappa shape index (κ3) is 5.71. The molecule has 3 aromatic rings. The molecule has 1 aliphatic rings. The van der Waals surface area contributed by atoms with E-state index < -0.39 is 17.8 Å². The number of hydrogen-bond donors (Lipinski definition) is 2. The highest BCUT2D eigenvalue weighted by Gasteiger charge is 2.40. The number of aryl methyl sites for hydroxylation is 1. The van der Waals surface area contributed by atoms with Crippen LogP contribution in [0.3, 0.4) is 0 Å². The summed E-state index contributed by atoms with van der Waals surface area (Å²) in [5, 5.41) is 7.58. The summed E-state index contributed by atoms with van der Waals surface area (Å²) in [4.78, 5) is 56.3. The van der Waals surface area contributed by atoms with Crippen LogP contribution >= 0.6 is 22.9 Å². The topological polar surface area (TPSA) is 118 Å². The van der Waals surface area contributed by atoms with Gasteiger partial charge in [0, 0.05) is 16.6 Å². The van der Waals surface area contributed by atoms with Crippen molar-refractivity contribution in [1.82, 2.24) is 4.98 Å². The molecule has 0 fully saturated rings. The van der Waals surface area contributed by atoms with E-state index >= 15 is 0 Å². The Labute approximate surface area is 222 Å². The van der Waals surface area contributed by atoms with Crippen LogP contribution in [0, 0.1) is 6.92 Å². The Balaban J connectivity index is 1.49. The fraction of sp³-hybridized carbons (Fsp3) is 0.192. The van der Waals surface area contributed by atoms with E-state index in [1.54, 1.807) is 36.4 Å². The first-order valence-electron chi connectivity index (χ1n) is 11.5. The van der Waals surface area contributed by atoms with Crippen molar-refractivity contribution in [3.05, 3.63) is 81.5 Å². The Morgan fingerprint density at radius 3 is 2.49 bits per heavy atom. The smallest absolute Gasteiger partial charge is 0.340 e. The molecular weight excluding hydrogens is 516 g/mol. The van der Waals surface area contributed by atoms with Crippen LogP contribution in [0.4, 0.5) is 16.5 Å². The normalized spacial score (nSPS) is 13.2. The van der Waals surface area contributed by atoms with Crippen molar-refractivity contribution in [2.45, 2.75) is 26.7 Å². The number of hydrogen-bond acceptors (Lipinski definition) is 8. The zero-order valence-electron chi connectivity index (χ0n) is 20.0. The van der Waals surface area contributed by atoms with Gasteiger partial charge in [0.05, 0.1) is 23.6 Å². The fourth-order valence-corrected chi connectivity index (χ4v) is 4.38. The van der Waals surface area contributed by atoms with Crippen LogP contribution < -0.4 is 15.5 Å². The summed E-state index contributed by atoms with van der Waals surface area (Å²) in [6, 6.07) is 12.5. The van der Waals surface area contributed by atoms with Crippen LogP contribution in [0.1, 0.15) is 46.2 Å². The van der Waals surface area contributed by atoms with Gasteiger partial charge >= 0.3 is 5.97 Å². The second kappa shape index (κ2) is 11.4. The number of rotatable bonds is 9. The van der Waals surface area contributed by atoms with Crippen LogP contribution in [0.15, 0.2) is 64.6 Å². The number of amides is 3. The summed E-state index contributed by atoms with van der Waals surface area (Å²) < 4.78 is 5.27. The van der Waals surface area contributed by atoms with Crippen LogP contribution in [-0.2, 0) is 14.3 Å². The summed E-state index contributed by atoms with van der Waals surface area (Å²) in [5.74, 6) is -2.45. The predicted octanol–water partition coefficient (Wildman–Crippen LogP) is 5.10. The number of nitrogens with one attached hydrogen (secondary N) is 2. The average molecular weight is 539 g/mol. The number of carbonyl (C=O) groups excluding carboxylic acids is 4. The van der Waals surface area contributed by atoms with Crippen molar-refractivity contribution in [1.29, 1.82) is 0 Å². The number of halogens is 1. The van der Waals surface area contributed by atoms with Crippen LogP contribution in [0.25, 0.3) is 0 Å². The quantitative estimate of drug-likeness (QED) is 0.221. The average Bonchev–Trinajstić information content (AvgIpc) is 3.39. The number of carbonyl (C=O) groups is 4. The number of anilines is 3. The molecule has 0 radical (unpaired) electrons. The summed E-state index contributed by atoms with van der Waals surface area (Å²) in [6.07, 6.45) is 1.55. The van der Waals surface area contributed by atoms with Gasteiger partial charge in [-0.25, -0.2) is 14.7 Å². The molecule has 11 heteroatoms. The lowest BCUT2D eigenvalue weighted by atomic mass is 10.1. The molecule has 0 bridgehead atoms. The Hall–Kier alpha value is -4.02. The highest BCUT2D eigenvalue weighted by atomic mass is 35.5. The zero-order chi connectivity index (χ0) is 26.5. The highest BCUT2D eigenvalue weighted by Crippen LogP contribution is 2.32. The number of benzene rings is 2. The van der Waals surface area contributed by atoms with E-state index in [1.807, 2.05) is 19.2 Å². The maximum Gasteiger partial charge on any atom is 0.340 e. The number of aromatic nitrogens is 1. The minimum absolute atomic E-state index is 0.0804. The first kappa shape index (κ1) is 26.1. The third-order valence-corrected chi connectivity index (χ3v) is 6.61. The lowest BCUT2D eigenvalue weighted by Crippen LogP contribution is -2.33. The molecule has 2 aromatic carbocycles. The molecule has 2 heterocycles. The predicted molar refractivity (Wildman–Crippen MR) is 142 cm³/mol. The van der Waals surface area contributed by atoms with Gasteiger partial charge in [-0.2, -0.15) is 0 Å².